The summed E-state index contributed by atoms with van der Waals surface area (Å²) in [5, 5.41) is 4.07. The van der Waals surface area contributed by atoms with Crippen LogP contribution in [-0.4, -0.2) is 32.6 Å². The average molecular weight is 545 g/mol. The number of H-pyrrole nitrogens is 1. The van der Waals surface area contributed by atoms with E-state index >= 15 is 0 Å². The molecular weight excluding hydrogens is 529 g/mol. The highest BCUT2D eigenvalue weighted by Gasteiger charge is 2.31. The van der Waals surface area contributed by atoms with Crippen molar-refractivity contribution in [2.24, 2.45) is 0 Å². The van der Waals surface area contributed by atoms with Crippen LogP contribution in [0.25, 0.3) is 27.6 Å². The molecule has 0 unspecified atom stereocenters. The van der Waals surface area contributed by atoms with Crippen molar-refractivity contribution >= 4 is 56.9 Å². The van der Waals surface area contributed by atoms with E-state index in [2.05, 4.69) is 15.0 Å². The van der Waals surface area contributed by atoms with E-state index in [1.54, 1.807) is 24.3 Å². The fraction of sp³-hybridized carbons (Fsp3) is 0.0800. The molecule has 2 heterocycles. The van der Waals surface area contributed by atoms with Gasteiger partial charge >= 0.3 is 6.36 Å². The van der Waals surface area contributed by atoms with Crippen LogP contribution in [0.4, 0.5) is 18.9 Å². The number of fused-ring (bicyclic) bond motifs is 3. The molecule has 5 rings (SSSR count). The normalized spacial score (nSPS) is 11.7. The predicted molar refractivity (Wildman–Crippen MR) is 137 cm³/mol. The Balaban J connectivity index is 1.44. The van der Waals surface area contributed by atoms with Crippen LogP contribution >= 0.6 is 23.4 Å². The average Bonchev–Trinajstić information content (AvgIpc) is 3.22. The second-order valence-electron chi connectivity index (χ2n) is 7.82. The molecular formula is C25H16ClF3N4O3S. The quantitative estimate of drug-likeness (QED) is 0.198. The van der Waals surface area contributed by atoms with Crippen LogP contribution in [0.2, 0.25) is 5.02 Å². The van der Waals surface area contributed by atoms with Crippen LogP contribution in [0, 0.1) is 0 Å². The number of hydrogen-bond donors (Lipinski definition) is 2. The number of halogens is 4. The third-order valence-electron chi connectivity index (χ3n) is 5.26. The van der Waals surface area contributed by atoms with Gasteiger partial charge < -0.3 is 15.0 Å². The van der Waals surface area contributed by atoms with Crippen molar-refractivity contribution in [2.75, 3.05) is 11.1 Å². The monoisotopic (exact) mass is 544 g/mol. The van der Waals surface area contributed by atoms with Gasteiger partial charge in [-0.25, -0.2) is 4.98 Å². The van der Waals surface area contributed by atoms with Crippen molar-refractivity contribution in [1.82, 2.24) is 14.5 Å². The fourth-order valence-electron chi connectivity index (χ4n) is 3.75. The second kappa shape index (κ2) is 9.83. The number of para-hydroxylation sites is 1. The van der Waals surface area contributed by atoms with E-state index in [9.17, 15) is 22.8 Å². The first-order chi connectivity index (χ1) is 17.7. The van der Waals surface area contributed by atoms with Gasteiger partial charge in [0.1, 0.15) is 16.8 Å². The summed E-state index contributed by atoms with van der Waals surface area (Å²) >= 11 is 7.20. The molecule has 0 atom stereocenters. The molecule has 3 aromatic carbocycles. The Bertz CT molecular complexity index is 1680. The van der Waals surface area contributed by atoms with Crippen LogP contribution in [0.5, 0.6) is 5.75 Å². The Kier molecular flexibility index (Phi) is 6.57. The van der Waals surface area contributed by atoms with Gasteiger partial charge in [0, 0.05) is 21.6 Å². The molecule has 0 bridgehead atoms. The van der Waals surface area contributed by atoms with E-state index in [1.165, 1.54) is 16.7 Å². The van der Waals surface area contributed by atoms with Crippen LogP contribution < -0.4 is 15.6 Å². The zero-order valence-electron chi connectivity index (χ0n) is 18.7. The lowest BCUT2D eigenvalue weighted by atomic mass is 10.2. The second-order valence-corrected chi connectivity index (χ2v) is 9.20. The molecule has 0 aliphatic heterocycles. The Hall–Kier alpha value is -3.96. The summed E-state index contributed by atoms with van der Waals surface area (Å²) in [5.74, 6) is -0.969. The molecule has 5 aromatic rings. The van der Waals surface area contributed by atoms with E-state index in [4.69, 9.17) is 16.6 Å². The predicted octanol–water partition coefficient (Wildman–Crippen LogP) is 6.15. The van der Waals surface area contributed by atoms with Crippen LogP contribution in [-0.2, 0) is 4.79 Å². The highest BCUT2D eigenvalue weighted by atomic mass is 35.5. The largest absolute Gasteiger partial charge is 0.573 e. The smallest absolute Gasteiger partial charge is 0.406 e. The number of nitrogens with zero attached hydrogens (tertiary/aromatic N) is 2. The minimum Gasteiger partial charge on any atom is -0.406 e. The van der Waals surface area contributed by atoms with E-state index < -0.39 is 18.0 Å². The Morgan fingerprint density at radius 3 is 2.57 bits per heavy atom. The number of ether oxygens (including phenoxy) is 1. The van der Waals surface area contributed by atoms with E-state index in [0.717, 1.165) is 34.8 Å². The Morgan fingerprint density at radius 2 is 1.84 bits per heavy atom. The van der Waals surface area contributed by atoms with Gasteiger partial charge in [-0.05, 0) is 48.5 Å². The molecule has 12 heteroatoms. The Morgan fingerprint density at radius 1 is 1.08 bits per heavy atom. The van der Waals surface area contributed by atoms with Crippen LogP contribution in [0.1, 0.15) is 0 Å². The number of carbonyl (C=O) groups is 1. The number of amides is 1. The number of anilines is 1. The van der Waals surface area contributed by atoms with Gasteiger partial charge in [-0.2, -0.15) is 0 Å². The minimum absolute atomic E-state index is 0.123. The van der Waals surface area contributed by atoms with Crippen molar-refractivity contribution in [2.45, 2.75) is 11.5 Å². The third-order valence-corrected chi connectivity index (χ3v) is 6.44. The summed E-state index contributed by atoms with van der Waals surface area (Å²) < 4.78 is 42.3. The summed E-state index contributed by atoms with van der Waals surface area (Å²) in [4.78, 5) is 34.0. The van der Waals surface area contributed by atoms with Crippen molar-refractivity contribution < 1.29 is 22.7 Å². The minimum atomic E-state index is -4.81. The van der Waals surface area contributed by atoms with Crippen LogP contribution in [0.15, 0.2) is 82.7 Å². The van der Waals surface area contributed by atoms with E-state index in [0.29, 0.717) is 21.7 Å². The molecule has 1 amide bonds. The number of benzene rings is 3. The highest BCUT2D eigenvalue weighted by Crippen LogP contribution is 2.28. The molecule has 7 nitrogen and oxygen atoms in total. The maximum Gasteiger partial charge on any atom is 0.573 e. The first kappa shape index (κ1) is 24.7. The van der Waals surface area contributed by atoms with Gasteiger partial charge in [-0.1, -0.05) is 47.6 Å². The number of rotatable bonds is 6. The lowest BCUT2D eigenvalue weighted by molar-refractivity contribution is -0.274. The number of aromatic amines is 1. The lowest BCUT2D eigenvalue weighted by Gasteiger charge is -2.13. The Labute approximate surface area is 216 Å². The van der Waals surface area contributed by atoms with Crippen molar-refractivity contribution in [3.05, 3.63) is 88.2 Å². The molecule has 37 heavy (non-hydrogen) atoms. The molecule has 0 fully saturated rings. The zero-order valence-corrected chi connectivity index (χ0v) is 20.2. The molecule has 0 radical (unpaired) electrons. The van der Waals surface area contributed by atoms with Crippen molar-refractivity contribution in [3.63, 3.8) is 0 Å². The van der Waals surface area contributed by atoms with Crippen molar-refractivity contribution in [1.29, 1.82) is 0 Å². The highest BCUT2D eigenvalue weighted by molar-refractivity contribution is 7.99. The molecule has 0 saturated carbocycles. The zero-order chi connectivity index (χ0) is 26.2. The number of nitrogens with one attached hydrogen (secondary N) is 2. The first-order valence-electron chi connectivity index (χ1n) is 10.8. The molecule has 0 aliphatic carbocycles. The van der Waals surface area contributed by atoms with Gasteiger partial charge in [0.05, 0.1) is 11.4 Å². The van der Waals surface area contributed by atoms with Gasteiger partial charge in [-0.3, -0.25) is 14.2 Å². The SMILES string of the molecule is O=C(CSc1nc2c([nH]c3ccccc32)c(=O)n1-c1cccc(Cl)c1)Nc1ccc(OC(F)(F)F)cc1. The molecule has 0 spiro atoms. The molecule has 0 saturated heterocycles. The summed E-state index contributed by atoms with van der Waals surface area (Å²) in [6.07, 6.45) is -4.81. The summed E-state index contributed by atoms with van der Waals surface area (Å²) in [6.45, 7) is 0. The number of carbonyl (C=O) groups excluding carboxylic acids is 1. The number of alkyl halides is 3. The summed E-state index contributed by atoms with van der Waals surface area (Å²) in [5.41, 5.74) is 1.95. The molecule has 2 aromatic heterocycles. The van der Waals surface area contributed by atoms with Crippen LogP contribution in [0.3, 0.4) is 0 Å². The van der Waals surface area contributed by atoms with E-state index in [1.807, 2.05) is 24.3 Å². The lowest BCUT2D eigenvalue weighted by Crippen LogP contribution is -2.23. The number of aromatic nitrogens is 3. The van der Waals surface area contributed by atoms with Gasteiger partial charge in [0.25, 0.3) is 5.56 Å². The summed E-state index contributed by atoms with van der Waals surface area (Å²) in [6, 6.07) is 18.8. The number of thioether (sulfide) groups is 1. The fourth-order valence-corrected chi connectivity index (χ4v) is 4.74. The number of hydrogen-bond acceptors (Lipinski definition) is 5. The standard InChI is InChI=1S/C25H16ClF3N4O3S/c26-14-4-3-5-16(12-14)33-23(35)22-21(18-6-1-2-7-19(18)31-22)32-24(33)37-13-20(34)30-15-8-10-17(11-9-15)36-25(27,28)29/h1-12,31H,13H2,(H,30,34). The molecule has 188 valence electrons. The topological polar surface area (TPSA) is 89.0 Å². The van der Waals surface area contributed by atoms with E-state index in [-0.39, 0.29) is 22.2 Å². The molecule has 0 aliphatic rings. The van der Waals surface area contributed by atoms with Gasteiger partial charge in [0.15, 0.2) is 5.16 Å². The van der Waals surface area contributed by atoms with Gasteiger partial charge in [0.2, 0.25) is 5.91 Å². The summed E-state index contributed by atoms with van der Waals surface area (Å²) in [7, 11) is 0. The van der Waals surface area contributed by atoms with Crippen molar-refractivity contribution in [3.8, 4) is 11.4 Å². The van der Waals surface area contributed by atoms with Gasteiger partial charge in [-0.15, -0.1) is 13.2 Å². The first-order valence-corrected chi connectivity index (χ1v) is 12.1. The maximum absolute atomic E-state index is 13.5. The maximum atomic E-state index is 13.5. The molecule has 2 N–H and O–H groups in total. The third kappa shape index (κ3) is 5.42.